The molecule has 0 bridgehead atoms. The van der Waals surface area contributed by atoms with Gasteiger partial charge >= 0.3 is 0 Å². The van der Waals surface area contributed by atoms with Crippen LogP contribution in [0.1, 0.15) is 85.6 Å². The summed E-state index contributed by atoms with van der Waals surface area (Å²) in [5, 5.41) is 10.6. The van der Waals surface area contributed by atoms with Crippen molar-refractivity contribution in [2.24, 2.45) is 0 Å². The monoisotopic (exact) mass is 472 g/mol. The van der Waals surface area contributed by atoms with Gasteiger partial charge in [-0.1, -0.05) is 80.3 Å². The molecule has 0 amide bonds. The predicted octanol–water partition coefficient (Wildman–Crippen LogP) is 6.94. The van der Waals surface area contributed by atoms with Crippen LogP contribution in [0, 0.1) is 6.92 Å². The Labute approximate surface area is 201 Å². The van der Waals surface area contributed by atoms with Gasteiger partial charge in [-0.3, -0.25) is 0 Å². The fourth-order valence-electron chi connectivity index (χ4n) is 4.39. The number of aliphatic hydroxyl groups is 1. The Balaban J connectivity index is 0.00000280. The molecule has 1 saturated carbocycles. The third-order valence-corrected chi connectivity index (χ3v) is 6.55. The summed E-state index contributed by atoms with van der Waals surface area (Å²) in [5.74, 6) is 0.801. The Morgan fingerprint density at radius 3 is 2.25 bits per heavy atom. The van der Waals surface area contributed by atoms with Gasteiger partial charge < -0.3 is 12.0 Å². The first-order valence-corrected chi connectivity index (χ1v) is 10.9. The van der Waals surface area contributed by atoms with Crippen LogP contribution in [-0.4, -0.2) is 10.5 Å². The van der Waals surface area contributed by atoms with Gasteiger partial charge in [0, 0.05) is 44.0 Å². The van der Waals surface area contributed by atoms with Gasteiger partial charge in [-0.15, -0.1) is 11.6 Å². The van der Waals surface area contributed by atoms with Gasteiger partial charge in [0.05, 0.1) is 6.10 Å². The average molecular weight is 473 g/mol. The molecular formula is C25H32ClOY-. The smallest absolute Gasteiger partial charge is 0.0790 e. The van der Waals surface area contributed by atoms with Gasteiger partial charge in [-0.05, 0) is 41.9 Å². The molecule has 0 heterocycles. The Kier molecular flexibility index (Phi) is 10.2. The molecule has 1 N–H and O–H groups in total. The zero-order valence-corrected chi connectivity index (χ0v) is 20.6. The number of benzene rings is 2. The minimum atomic E-state index is -0.346. The molecule has 1 radical (unpaired) electrons. The number of unbranched alkanes of at least 4 members (excludes halogenated alkanes) is 2. The molecule has 1 fully saturated rings. The van der Waals surface area contributed by atoms with E-state index >= 15 is 0 Å². The van der Waals surface area contributed by atoms with E-state index in [2.05, 4.69) is 62.4 Å². The van der Waals surface area contributed by atoms with Gasteiger partial charge in [-0.25, -0.2) is 0 Å². The first-order valence-electron chi connectivity index (χ1n) is 10.4. The molecule has 1 aliphatic rings. The normalized spacial score (nSPS) is 22.6. The second-order valence-corrected chi connectivity index (χ2v) is 8.46. The van der Waals surface area contributed by atoms with E-state index in [4.69, 9.17) is 11.6 Å². The van der Waals surface area contributed by atoms with Crippen molar-refractivity contribution in [2.75, 3.05) is 0 Å². The van der Waals surface area contributed by atoms with E-state index in [0.29, 0.717) is 11.8 Å². The fourth-order valence-corrected chi connectivity index (χ4v) is 4.84. The van der Waals surface area contributed by atoms with Gasteiger partial charge in [0.2, 0.25) is 0 Å². The minimum absolute atomic E-state index is 0. The molecule has 4 atom stereocenters. The number of aliphatic hydroxyl groups excluding tert-OH is 1. The largest absolute Gasteiger partial charge is 0.388 e. The Hall–Kier alpha value is -0.206. The Bertz CT molecular complexity index is 697. The summed E-state index contributed by atoms with van der Waals surface area (Å²) in [7, 11) is 0. The van der Waals surface area contributed by atoms with Crippen molar-refractivity contribution in [3.63, 3.8) is 0 Å². The van der Waals surface area contributed by atoms with Gasteiger partial charge in [0.1, 0.15) is 0 Å². The van der Waals surface area contributed by atoms with Crippen LogP contribution in [0.5, 0.6) is 0 Å². The molecular weight excluding hydrogens is 441 g/mol. The van der Waals surface area contributed by atoms with E-state index in [0.717, 1.165) is 37.7 Å². The van der Waals surface area contributed by atoms with Gasteiger partial charge in [0.25, 0.3) is 0 Å². The van der Waals surface area contributed by atoms with Crippen molar-refractivity contribution in [1.29, 1.82) is 0 Å². The summed E-state index contributed by atoms with van der Waals surface area (Å²) >= 11 is 6.73. The number of rotatable bonds is 8. The van der Waals surface area contributed by atoms with E-state index < -0.39 is 0 Å². The SMILES string of the molecule is [CH2-]Cc1ccc(C2C(Cl)CCC2c2ccc(C(O)CCCCC)cc2)cc1.[Y]. The quantitative estimate of drug-likeness (QED) is 0.250. The number of hydrogen-bond acceptors (Lipinski definition) is 1. The predicted molar refractivity (Wildman–Crippen MR) is 115 cm³/mol. The van der Waals surface area contributed by atoms with Gasteiger partial charge in [0.15, 0.2) is 0 Å². The van der Waals surface area contributed by atoms with Crippen molar-refractivity contribution in [3.05, 3.63) is 77.7 Å². The average Bonchev–Trinajstić information content (AvgIpc) is 3.09. The van der Waals surface area contributed by atoms with Crippen LogP contribution >= 0.6 is 11.6 Å². The van der Waals surface area contributed by atoms with Gasteiger partial charge in [-0.2, -0.15) is 6.42 Å². The van der Waals surface area contributed by atoms with E-state index in [1.54, 1.807) is 0 Å². The zero-order chi connectivity index (χ0) is 19.2. The maximum atomic E-state index is 10.4. The second kappa shape index (κ2) is 11.8. The number of hydrogen-bond donors (Lipinski definition) is 1. The van der Waals surface area contributed by atoms with E-state index in [9.17, 15) is 5.11 Å². The summed E-state index contributed by atoms with van der Waals surface area (Å²) in [4.78, 5) is 0. The third-order valence-electron chi connectivity index (χ3n) is 6.06. The maximum Gasteiger partial charge on any atom is 0.0790 e. The molecule has 3 heteroatoms. The molecule has 0 aromatic heterocycles. The molecule has 0 aliphatic heterocycles. The fraction of sp³-hybridized carbons (Fsp3) is 0.480. The van der Waals surface area contributed by atoms with Crippen molar-refractivity contribution >= 4 is 11.6 Å². The second-order valence-electron chi connectivity index (χ2n) is 7.90. The summed E-state index contributed by atoms with van der Waals surface area (Å²) in [6.45, 7) is 6.15. The topological polar surface area (TPSA) is 20.2 Å². The summed E-state index contributed by atoms with van der Waals surface area (Å²) < 4.78 is 0. The van der Waals surface area contributed by atoms with Crippen LogP contribution in [0.2, 0.25) is 0 Å². The van der Waals surface area contributed by atoms with Crippen LogP contribution in [0.4, 0.5) is 0 Å². The molecule has 149 valence electrons. The van der Waals surface area contributed by atoms with Crippen LogP contribution in [0.15, 0.2) is 48.5 Å². The Morgan fingerprint density at radius 1 is 1.00 bits per heavy atom. The van der Waals surface area contributed by atoms with Crippen molar-refractivity contribution < 1.29 is 37.8 Å². The van der Waals surface area contributed by atoms with Crippen molar-refractivity contribution in [1.82, 2.24) is 0 Å². The first-order chi connectivity index (χ1) is 13.1. The summed E-state index contributed by atoms with van der Waals surface area (Å²) in [5.41, 5.74) is 4.97. The van der Waals surface area contributed by atoms with Crippen LogP contribution in [0.25, 0.3) is 0 Å². The van der Waals surface area contributed by atoms with E-state index in [1.165, 1.54) is 29.5 Å². The summed E-state index contributed by atoms with van der Waals surface area (Å²) in [6.07, 6.45) is 6.95. The summed E-state index contributed by atoms with van der Waals surface area (Å²) in [6, 6.07) is 17.4. The standard InChI is InChI=1S/C25H32ClO.Y/c1-3-5-6-7-24(27)20-14-12-19(13-15-20)22-16-17-23(26)25(22)21-10-8-18(4-2)9-11-21;/h8-15,22-25,27H,2-7,16-17H2,1H3;/q-1;. The van der Waals surface area contributed by atoms with Crippen LogP contribution < -0.4 is 0 Å². The number of alkyl halides is 1. The maximum absolute atomic E-state index is 10.4. The van der Waals surface area contributed by atoms with E-state index in [-0.39, 0.29) is 44.2 Å². The molecule has 2 aromatic rings. The molecule has 1 nitrogen and oxygen atoms in total. The van der Waals surface area contributed by atoms with E-state index in [1.807, 2.05) is 0 Å². The van der Waals surface area contributed by atoms with Crippen molar-refractivity contribution in [3.8, 4) is 0 Å². The molecule has 28 heavy (non-hydrogen) atoms. The molecule has 0 saturated heterocycles. The zero-order valence-electron chi connectivity index (χ0n) is 17.0. The molecule has 4 unspecified atom stereocenters. The number of halogens is 1. The molecule has 3 rings (SSSR count). The molecule has 0 spiro atoms. The molecule has 2 aromatic carbocycles. The van der Waals surface area contributed by atoms with Crippen LogP contribution in [0.3, 0.4) is 0 Å². The molecule has 1 aliphatic carbocycles. The van der Waals surface area contributed by atoms with Crippen LogP contribution in [-0.2, 0) is 39.1 Å². The third kappa shape index (κ3) is 5.91. The first kappa shape index (κ1) is 24.1. The minimum Gasteiger partial charge on any atom is -0.388 e. The van der Waals surface area contributed by atoms with Crippen molar-refractivity contribution in [2.45, 2.75) is 75.2 Å². The Morgan fingerprint density at radius 2 is 1.64 bits per heavy atom.